The smallest absolute Gasteiger partial charge is 0.321 e. The molecule has 0 spiro atoms. The van der Waals surface area contributed by atoms with Crippen LogP contribution in [-0.4, -0.2) is 68.8 Å². The monoisotopic (exact) mass is 368 g/mol. The Hall–Kier alpha value is -1.97. The van der Waals surface area contributed by atoms with Crippen LogP contribution in [0.1, 0.15) is 12.5 Å². The number of hydrogen-bond acceptors (Lipinski definition) is 5. The number of piperazine rings is 1. The molecule has 25 heavy (non-hydrogen) atoms. The van der Waals surface area contributed by atoms with E-state index in [4.69, 9.17) is 0 Å². The molecule has 3 amide bonds. The Kier molecular flexibility index (Phi) is 6.15. The van der Waals surface area contributed by atoms with Gasteiger partial charge >= 0.3 is 6.03 Å². The molecule has 2 rings (SSSR count). The van der Waals surface area contributed by atoms with E-state index in [9.17, 15) is 18.0 Å². The normalized spacial score (nSPS) is 17.7. The Morgan fingerprint density at radius 3 is 2.16 bits per heavy atom. The van der Waals surface area contributed by atoms with Gasteiger partial charge in [0.15, 0.2) is 0 Å². The molecule has 1 aromatic rings. The minimum Gasteiger partial charge on any atom is -0.341 e. The Balaban J connectivity index is 1.98. The first kappa shape index (κ1) is 19.4. The predicted octanol–water partition coefficient (Wildman–Crippen LogP) is 0.145. The van der Waals surface area contributed by atoms with Gasteiger partial charge in [-0.1, -0.05) is 17.7 Å². The van der Waals surface area contributed by atoms with Crippen molar-refractivity contribution in [1.29, 1.82) is 0 Å². The Labute approximate surface area is 148 Å². The van der Waals surface area contributed by atoms with E-state index >= 15 is 0 Å². The van der Waals surface area contributed by atoms with Crippen LogP contribution < -0.4 is 10.6 Å². The molecule has 9 heteroatoms. The lowest BCUT2D eigenvalue weighted by Gasteiger charge is -2.36. The van der Waals surface area contributed by atoms with Crippen LogP contribution in [0.5, 0.6) is 0 Å². The number of carbonyl (C=O) groups excluding carboxylic acids is 2. The molecule has 1 aliphatic rings. The molecule has 8 nitrogen and oxygen atoms in total. The number of benzene rings is 1. The van der Waals surface area contributed by atoms with E-state index in [1.54, 1.807) is 31.2 Å². The standard InChI is InChI=1S/C16H24N4O4S/c1-12-4-6-14(7-5-12)25(23,24)20-10-8-19(9-11-20)13(2)15(21)18-16(22)17-3/h4-7,13H,8-11H2,1-3H3,(H2,17,18,21,22)/t13-/m0/s1. The first-order chi connectivity index (χ1) is 11.8. The molecule has 0 bridgehead atoms. The number of carbonyl (C=O) groups is 2. The fraction of sp³-hybridized carbons (Fsp3) is 0.500. The lowest BCUT2D eigenvalue weighted by Crippen LogP contribution is -2.56. The van der Waals surface area contributed by atoms with Crippen LogP contribution in [0.4, 0.5) is 4.79 Å². The Morgan fingerprint density at radius 2 is 1.64 bits per heavy atom. The minimum absolute atomic E-state index is 0.275. The van der Waals surface area contributed by atoms with Crippen molar-refractivity contribution in [3.63, 3.8) is 0 Å². The van der Waals surface area contributed by atoms with Gasteiger partial charge in [-0.2, -0.15) is 4.31 Å². The first-order valence-electron chi connectivity index (χ1n) is 8.09. The maximum atomic E-state index is 12.7. The molecule has 0 aliphatic carbocycles. The zero-order valence-corrected chi connectivity index (χ0v) is 15.5. The van der Waals surface area contributed by atoms with Crippen molar-refractivity contribution in [3.05, 3.63) is 29.8 Å². The van der Waals surface area contributed by atoms with Gasteiger partial charge in [0.2, 0.25) is 15.9 Å². The summed E-state index contributed by atoms with van der Waals surface area (Å²) in [5, 5.41) is 4.56. The third kappa shape index (κ3) is 4.56. The molecule has 1 heterocycles. The Morgan fingerprint density at radius 1 is 1.08 bits per heavy atom. The highest BCUT2D eigenvalue weighted by atomic mass is 32.2. The van der Waals surface area contributed by atoms with Gasteiger partial charge in [0.25, 0.3) is 0 Å². The molecule has 1 saturated heterocycles. The van der Waals surface area contributed by atoms with E-state index in [0.29, 0.717) is 26.2 Å². The molecule has 1 aromatic carbocycles. The zero-order valence-electron chi connectivity index (χ0n) is 14.7. The van der Waals surface area contributed by atoms with Crippen LogP contribution in [0.25, 0.3) is 0 Å². The average Bonchev–Trinajstić information content (AvgIpc) is 2.61. The fourth-order valence-electron chi connectivity index (χ4n) is 2.64. The van der Waals surface area contributed by atoms with E-state index in [2.05, 4.69) is 10.6 Å². The van der Waals surface area contributed by atoms with E-state index in [0.717, 1.165) is 5.56 Å². The van der Waals surface area contributed by atoms with Crippen LogP contribution in [-0.2, 0) is 14.8 Å². The SMILES string of the molecule is CNC(=O)NC(=O)[C@H](C)N1CCN(S(=O)(=O)c2ccc(C)cc2)CC1. The van der Waals surface area contributed by atoms with Gasteiger partial charge in [-0.15, -0.1) is 0 Å². The molecule has 0 saturated carbocycles. The summed E-state index contributed by atoms with van der Waals surface area (Å²) in [4.78, 5) is 25.4. The number of aryl methyl sites for hydroxylation is 1. The van der Waals surface area contributed by atoms with Crippen LogP contribution in [0.3, 0.4) is 0 Å². The molecular formula is C16H24N4O4S. The van der Waals surface area contributed by atoms with E-state index < -0.39 is 28.0 Å². The number of hydrogen-bond donors (Lipinski definition) is 2. The van der Waals surface area contributed by atoms with Crippen LogP contribution >= 0.6 is 0 Å². The molecule has 2 N–H and O–H groups in total. The quantitative estimate of drug-likeness (QED) is 0.788. The van der Waals surface area contributed by atoms with E-state index in [-0.39, 0.29) is 4.90 Å². The lowest BCUT2D eigenvalue weighted by molar-refractivity contribution is -0.125. The highest BCUT2D eigenvalue weighted by molar-refractivity contribution is 7.89. The summed E-state index contributed by atoms with van der Waals surface area (Å²) in [7, 11) is -2.10. The highest BCUT2D eigenvalue weighted by Crippen LogP contribution is 2.19. The molecule has 0 unspecified atom stereocenters. The number of sulfonamides is 1. The highest BCUT2D eigenvalue weighted by Gasteiger charge is 2.32. The molecule has 1 aliphatic heterocycles. The van der Waals surface area contributed by atoms with Gasteiger partial charge < -0.3 is 5.32 Å². The second kappa shape index (κ2) is 7.94. The third-order valence-electron chi connectivity index (χ3n) is 4.32. The third-order valence-corrected chi connectivity index (χ3v) is 6.24. The van der Waals surface area contributed by atoms with Crippen molar-refractivity contribution in [2.75, 3.05) is 33.2 Å². The molecular weight excluding hydrogens is 344 g/mol. The molecule has 0 aromatic heterocycles. The summed E-state index contributed by atoms with van der Waals surface area (Å²) >= 11 is 0. The van der Waals surface area contributed by atoms with Crippen LogP contribution in [0.2, 0.25) is 0 Å². The van der Waals surface area contributed by atoms with Crippen molar-refractivity contribution in [3.8, 4) is 0 Å². The number of rotatable bonds is 4. The number of nitrogens with one attached hydrogen (secondary N) is 2. The lowest BCUT2D eigenvalue weighted by atomic mass is 10.2. The summed E-state index contributed by atoms with van der Waals surface area (Å²) in [5.74, 6) is -0.408. The summed E-state index contributed by atoms with van der Waals surface area (Å²) in [6, 6.07) is 5.69. The van der Waals surface area contributed by atoms with Crippen LogP contribution in [0.15, 0.2) is 29.2 Å². The summed E-state index contributed by atoms with van der Waals surface area (Å²) in [6.07, 6.45) is 0. The van der Waals surface area contributed by atoms with E-state index in [1.807, 2.05) is 11.8 Å². The number of urea groups is 1. The maximum absolute atomic E-state index is 12.7. The van der Waals surface area contributed by atoms with Crippen molar-refractivity contribution in [2.45, 2.75) is 24.8 Å². The molecule has 0 radical (unpaired) electrons. The number of imide groups is 1. The van der Waals surface area contributed by atoms with Crippen LogP contribution in [0, 0.1) is 6.92 Å². The second-order valence-corrected chi connectivity index (χ2v) is 7.94. The topological polar surface area (TPSA) is 98.8 Å². The van der Waals surface area contributed by atoms with Gasteiger partial charge in [-0.25, -0.2) is 13.2 Å². The fourth-order valence-corrected chi connectivity index (χ4v) is 4.06. The zero-order chi connectivity index (χ0) is 18.6. The van der Waals surface area contributed by atoms with Crippen molar-refractivity contribution in [2.24, 2.45) is 0 Å². The van der Waals surface area contributed by atoms with Gasteiger partial charge in [-0.3, -0.25) is 15.0 Å². The van der Waals surface area contributed by atoms with Crippen molar-refractivity contribution < 1.29 is 18.0 Å². The Bertz CT molecular complexity index is 725. The summed E-state index contributed by atoms with van der Waals surface area (Å²) < 4.78 is 26.8. The van der Waals surface area contributed by atoms with Gasteiger partial charge in [-0.05, 0) is 26.0 Å². The van der Waals surface area contributed by atoms with Gasteiger partial charge in [0, 0.05) is 33.2 Å². The predicted molar refractivity (Wildman–Crippen MR) is 93.6 cm³/mol. The summed E-state index contributed by atoms with van der Waals surface area (Å²) in [5.41, 5.74) is 1.000. The van der Waals surface area contributed by atoms with Crippen molar-refractivity contribution >= 4 is 22.0 Å². The molecule has 1 fully saturated rings. The second-order valence-electron chi connectivity index (χ2n) is 6.00. The molecule has 138 valence electrons. The minimum atomic E-state index is -3.53. The maximum Gasteiger partial charge on any atom is 0.321 e. The number of amides is 3. The number of nitrogens with zero attached hydrogens (tertiary/aromatic N) is 2. The largest absolute Gasteiger partial charge is 0.341 e. The van der Waals surface area contributed by atoms with Crippen molar-refractivity contribution in [1.82, 2.24) is 19.8 Å². The van der Waals surface area contributed by atoms with E-state index in [1.165, 1.54) is 11.4 Å². The first-order valence-corrected chi connectivity index (χ1v) is 9.53. The van der Waals surface area contributed by atoms with Gasteiger partial charge in [0.1, 0.15) is 0 Å². The average molecular weight is 368 g/mol. The molecule has 1 atom stereocenters. The summed E-state index contributed by atoms with van der Waals surface area (Å²) in [6.45, 7) is 5.05. The van der Waals surface area contributed by atoms with Gasteiger partial charge in [0.05, 0.1) is 10.9 Å².